The van der Waals surface area contributed by atoms with Gasteiger partial charge in [-0.25, -0.2) is 13.8 Å². The molecule has 1 N–H and O–H groups in total. The van der Waals surface area contributed by atoms with Crippen LogP contribution in [0.5, 0.6) is 0 Å². The second-order valence-electron chi connectivity index (χ2n) is 6.23. The maximum Gasteiger partial charge on any atom is 0.227 e. The monoisotopic (exact) mass is 354 g/mol. The van der Waals surface area contributed by atoms with Gasteiger partial charge < -0.3 is 9.88 Å². The third kappa shape index (κ3) is 3.20. The molecule has 7 heteroatoms. The Morgan fingerprint density at radius 1 is 1.19 bits per heavy atom. The molecule has 0 saturated heterocycles. The van der Waals surface area contributed by atoms with Crippen molar-refractivity contribution in [3.8, 4) is 11.4 Å². The molecule has 0 saturated carbocycles. The smallest absolute Gasteiger partial charge is 0.227 e. The molecule has 0 unspecified atom stereocenters. The summed E-state index contributed by atoms with van der Waals surface area (Å²) in [5.74, 6) is -0.918. The number of fused-ring (bicyclic) bond motifs is 1. The first-order chi connectivity index (χ1) is 12.6. The molecule has 3 aromatic rings. The number of carbonyl (C=O) groups excluding carboxylic acids is 1. The average Bonchev–Trinajstić information content (AvgIpc) is 3.05. The Bertz CT molecular complexity index is 955. The van der Waals surface area contributed by atoms with Crippen molar-refractivity contribution in [2.24, 2.45) is 0 Å². The number of amides is 1. The van der Waals surface area contributed by atoms with Crippen LogP contribution in [0.1, 0.15) is 17.0 Å². The second kappa shape index (κ2) is 6.67. The number of benzene rings is 1. The number of aromatic nitrogens is 3. The maximum atomic E-state index is 14.0. The number of hydrogen-bond donors (Lipinski definition) is 1. The van der Waals surface area contributed by atoms with Gasteiger partial charge in [-0.15, -0.1) is 0 Å². The van der Waals surface area contributed by atoms with Gasteiger partial charge in [-0.05, 0) is 29.8 Å². The fourth-order valence-electron chi connectivity index (χ4n) is 3.10. The lowest BCUT2D eigenvalue weighted by atomic mass is 10.1. The fourth-order valence-corrected chi connectivity index (χ4v) is 3.10. The van der Waals surface area contributed by atoms with Crippen molar-refractivity contribution in [2.45, 2.75) is 19.4 Å². The summed E-state index contributed by atoms with van der Waals surface area (Å²) in [6.07, 6.45) is 4.23. The molecule has 0 aliphatic carbocycles. The molecular weight excluding hydrogens is 338 g/mol. The number of hydrogen-bond acceptors (Lipinski definition) is 3. The first-order valence-electron chi connectivity index (χ1n) is 8.30. The quantitative estimate of drug-likeness (QED) is 0.787. The van der Waals surface area contributed by atoms with E-state index in [2.05, 4.69) is 15.0 Å². The van der Waals surface area contributed by atoms with Crippen molar-refractivity contribution in [3.63, 3.8) is 0 Å². The summed E-state index contributed by atoms with van der Waals surface area (Å²) in [6, 6.07) is 7.03. The van der Waals surface area contributed by atoms with Gasteiger partial charge in [0.15, 0.2) is 0 Å². The van der Waals surface area contributed by atoms with Crippen LogP contribution in [-0.4, -0.2) is 32.3 Å². The van der Waals surface area contributed by atoms with Gasteiger partial charge in [-0.1, -0.05) is 0 Å². The van der Waals surface area contributed by atoms with Crippen molar-refractivity contribution in [2.75, 3.05) is 6.54 Å². The van der Waals surface area contributed by atoms with Gasteiger partial charge in [-0.3, -0.25) is 9.78 Å². The number of aromatic amines is 1. The Morgan fingerprint density at radius 3 is 2.77 bits per heavy atom. The summed E-state index contributed by atoms with van der Waals surface area (Å²) in [5, 5.41) is 0. The lowest BCUT2D eigenvalue weighted by Crippen LogP contribution is -2.37. The van der Waals surface area contributed by atoms with Crippen LogP contribution < -0.4 is 0 Å². The zero-order valence-corrected chi connectivity index (χ0v) is 13.9. The number of imidazole rings is 1. The molecule has 0 fully saturated rings. The molecule has 1 amide bonds. The Hall–Kier alpha value is -3.09. The van der Waals surface area contributed by atoms with Crippen LogP contribution in [0.25, 0.3) is 11.4 Å². The number of rotatable bonds is 3. The molecule has 1 aromatic carbocycles. The first kappa shape index (κ1) is 16.4. The van der Waals surface area contributed by atoms with E-state index in [1.807, 2.05) is 12.1 Å². The third-order valence-corrected chi connectivity index (χ3v) is 4.48. The highest BCUT2D eigenvalue weighted by molar-refractivity contribution is 5.79. The zero-order valence-electron chi connectivity index (χ0n) is 13.9. The summed E-state index contributed by atoms with van der Waals surface area (Å²) in [4.78, 5) is 25.7. The largest absolute Gasteiger partial charge is 0.340 e. The highest BCUT2D eigenvalue weighted by Gasteiger charge is 2.24. The summed E-state index contributed by atoms with van der Waals surface area (Å²) < 4.78 is 27.1. The molecule has 2 aromatic heterocycles. The van der Waals surface area contributed by atoms with Crippen LogP contribution in [0.15, 0.2) is 42.7 Å². The molecule has 0 atom stereocenters. The molecule has 0 bridgehead atoms. The number of halogens is 2. The third-order valence-electron chi connectivity index (χ3n) is 4.48. The van der Waals surface area contributed by atoms with Crippen molar-refractivity contribution < 1.29 is 13.6 Å². The molecule has 26 heavy (non-hydrogen) atoms. The van der Waals surface area contributed by atoms with E-state index < -0.39 is 11.6 Å². The van der Waals surface area contributed by atoms with E-state index in [1.165, 1.54) is 12.1 Å². The van der Waals surface area contributed by atoms with E-state index in [0.29, 0.717) is 31.8 Å². The lowest BCUT2D eigenvalue weighted by Gasteiger charge is -2.26. The van der Waals surface area contributed by atoms with E-state index in [4.69, 9.17) is 0 Å². The van der Waals surface area contributed by atoms with Crippen LogP contribution in [0, 0.1) is 11.6 Å². The van der Waals surface area contributed by atoms with Crippen molar-refractivity contribution in [1.29, 1.82) is 0 Å². The molecule has 0 radical (unpaired) electrons. The number of nitrogens with one attached hydrogen (secondary N) is 1. The molecule has 1 aliphatic heterocycles. The van der Waals surface area contributed by atoms with Gasteiger partial charge in [0.25, 0.3) is 0 Å². The van der Waals surface area contributed by atoms with E-state index in [9.17, 15) is 13.6 Å². The summed E-state index contributed by atoms with van der Waals surface area (Å²) in [5.41, 5.74) is 2.74. The maximum absolute atomic E-state index is 14.0. The van der Waals surface area contributed by atoms with Crippen LogP contribution in [0.2, 0.25) is 0 Å². The van der Waals surface area contributed by atoms with Gasteiger partial charge in [-0.2, -0.15) is 0 Å². The van der Waals surface area contributed by atoms with Crippen molar-refractivity contribution >= 4 is 5.91 Å². The summed E-state index contributed by atoms with van der Waals surface area (Å²) >= 11 is 0. The van der Waals surface area contributed by atoms with Gasteiger partial charge in [0.05, 0.1) is 29.9 Å². The molecule has 5 nitrogen and oxygen atoms in total. The Kier molecular flexibility index (Phi) is 4.20. The Balaban J connectivity index is 1.52. The highest BCUT2D eigenvalue weighted by atomic mass is 19.1. The van der Waals surface area contributed by atoms with Crippen molar-refractivity contribution in [1.82, 2.24) is 19.9 Å². The number of pyridine rings is 1. The van der Waals surface area contributed by atoms with Crippen LogP contribution in [-0.2, 0) is 24.2 Å². The minimum atomic E-state index is -0.665. The highest BCUT2D eigenvalue weighted by Crippen LogP contribution is 2.25. The predicted molar refractivity (Wildman–Crippen MR) is 91.0 cm³/mol. The molecule has 132 valence electrons. The van der Waals surface area contributed by atoms with E-state index in [0.717, 1.165) is 23.0 Å². The van der Waals surface area contributed by atoms with Gasteiger partial charge in [0.1, 0.15) is 17.5 Å². The number of H-pyrrole nitrogens is 1. The molecular formula is C19H16F2N4O. The molecule has 0 spiro atoms. The standard InChI is InChI=1S/C19H16F2N4O/c20-13-1-2-14(15(21)10-13)19-23-16-5-8-25(11-17(16)24-19)18(26)9-12-3-6-22-7-4-12/h1-4,6-7,10H,5,8-9,11H2,(H,23,24). The van der Waals surface area contributed by atoms with Crippen LogP contribution >= 0.6 is 0 Å². The predicted octanol–water partition coefficient (Wildman–Crippen LogP) is 2.88. The summed E-state index contributed by atoms with van der Waals surface area (Å²) in [7, 11) is 0. The molecule has 3 heterocycles. The van der Waals surface area contributed by atoms with Crippen LogP contribution in [0.4, 0.5) is 8.78 Å². The first-order valence-corrected chi connectivity index (χ1v) is 8.30. The summed E-state index contributed by atoms with van der Waals surface area (Å²) in [6.45, 7) is 0.960. The van der Waals surface area contributed by atoms with Gasteiger partial charge in [0, 0.05) is 31.4 Å². The molecule has 4 rings (SSSR count). The average molecular weight is 354 g/mol. The Labute approximate surface area is 148 Å². The SMILES string of the molecule is O=C(Cc1ccncc1)N1CCc2nc(-c3ccc(F)cc3F)[nH]c2C1. The van der Waals surface area contributed by atoms with Gasteiger partial charge >= 0.3 is 0 Å². The number of carbonyl (C=O) groups is 1. The fraction of sp³-hybridized carbons (Fsp3) is 0.211. The zero-order chi connectivity index (χ0) is 18.1. The van der Waals surface area contributed by atoms with Crippen LogP contribution in [0.3, 0.4) is 0 Å². The second-order valence-corrected chi connectivity index (χ2v) is 6.23. The topological polar surface area (TPSA) is 61.9 Å². The van der Waals surface area contributed by atoms with E-state index >= 15 is 0 Å². The van der Waals surface area contributed by atoms with Gasteiger partial charge in [0.2, 0.25) is 5.91 Å². The minimum Gasteiger partial charge on any atom is -0.340 e. The van der Waals surface area contributed by atoms with Crippen molar-refractivity contribution in [3.05, 3.63) is 71.3 Å². The minimum absolute atomic E-state index is 0.0194. The molecule has 1 aliphatic rings. The Morgan fingerprint density at radius 2 is 2.00 bits per heavy atom. The van der Waals surface area contributed by atoms with E-state index in [1.54, 1.807) is 17.3 Å². The number of nitrogens with zero attached hydrogens (tertiary/aromatic N) is 3. The lowest BCUT2D eigenvalue weighted by molar-refractivity contribution is -0.131. The normalized spacial score (nSPS) is 13.5. The van der Waals surface area contributed by atoms with E-state index in [-0.39, 0.29) is 11.5 Å².